The van der Waals surface area contributed by atoms with Crippen molar-refractivity contribution in [3.05, 3.63) is 59.2 Å². The zero-order valence-corrected chi connectivity index (χ0v) is 22.6. The Hall–Kier alpha value is -3.56. The Morgan fingerprint density at radius 3 is 2.54 bits per heavy atom. The number of carbonyl (C=O) groups is 2. The number of fused-ring (bicyclic) bond motifs is 1. The van der Waals surface area contributed by atoms with Gasteiger partial charge in [0.15, 0.2) is 11.5 Å². The summed E-state index contributed by atoms with van der Waals surface area (Å²) in [5, 5.41) is 11.5. The van der Waals surface area contributed by atoms with Crippen LogP contribution in [-0.2, 0) is 14.3 Å². The van der Waals surface area contributed by atoms with Gasteiger partial charge in [-0.05, 0) is 48.2 Å². The fourth-order valence-corrected chi connectivity index (χ4v) is 5.06. The largest absolute Gasteiger partial charge is 0.507 e. The van der Waals surface area contributed by atoms with E-state index < -0.39 is 17.7 Å². The Labute approximate surface area is 228 Å². The van der Waals surface area contributed by atoms with Gasteiger partial charge < -0.3 is 29.0 Å². The lowest BCUT2D eigenvalue weighted by Crippen LogP contribution is -2.42. The smallest absolute Gasteiger partial charge is 0.295 e. The summed E-state index contributed by atoms with van der Waals surface area (Å²) >= 11 is 0. The van der Waals surface area contributed by atoms with E-state index in [1.807, 2.05) is 24.3 Å². The van der Waals surface area contributed by atoms with E-state index in [2.05, 4.69) is 18.7 Å². The highest BCUT2D eigenvalue weighted by molar-refractivity contribution is 6.46. The first kappa shape index (κ1) is 27.0. The zero-order valence-electron chi connectivity index (χ0n) is 22.6. The number of Topliss-reactive ketones (excluding diaryl/α,β-unsaturated/α-hetero) is 1. The quantitative estimate of drug-likeness (QED) is 0.295. The molecule has 2 aromatic rings. The molecule has 2 fully saturated rings. The third-order valence-corrected chi connectivity index (χ3v) is 7.25. The molecule has 3 heterocycles. The molecule has 1 N–H and O–H groups in total. The topological polar surface area (TPSA) is 97.8 Å². The number of aliphatic hydroxyl groups excluding tert-OH is 1. The first-order valence-electron chi connectivity index (χ1n) is 13.6. The van der Waals surface area contributed by atoms with E-state index in [4.69, 9.17) is 18.9 Å². The number of carbonyl (C=O) groups excluding carboxylic acids is 2. The molecule has 39 heavy (non-hydrogen) atoms. The average molecular weight is 537 g/mol. The monoisotopic (exact) mass is 536 g/mol. The summed E-state index contributed by atoms with van der Waals surface area (Å²) in [5.41, 5.74) is 1.15. The summed E-state index contributed by atoms with van der Waals surface area (Å²) in [6.07, 6.45) is 0.909. The predicted octanol–water partition coefficient (Wildman–Crippen LogP) is 3.64. The third kappa shape index (κ3) is 6.04. The van der Waals surface area contributed by atoms with Crippen molar-refractivity contribution in [1.82, 2.24) is 9.80 Å². The van der Waals surface area contributed by atoms with E-state index in [1.165, 1.54) is 0 Å². The number of ketones is 1. The number of amides is 1. The van der Waals surface area contributed by atoms with Crippen LogP contribution in [0, 0.1) is 5.92 Å². The van der Waals surface area contributed by atoms with Gasteiger partial charge in [-0.2, -0.15) is 0 Å². The lowest BCUT2D eigenvalue weighted by molar-refractivity contribution is -0.140. The number of benzene rings is 2. The number of hydrogen-bond acceptors (Lipinski definition) is 8. The van der Waals surface area contributed by atoms with Crippen molar-refractivity contribution in [3.63, 3.8) is 0 Å². The Morgan fingerprint density at radius 1 is 1.00 bits per heavy atom. The van der Waals surface area contributed by atoms with Gasteiger partial charge in [0.05, 0.1) is 31.4 Å². The second-order valence-electron chi connectivity index (χ2n) is 10.4. The van der Waals surface area contributed by atoms with Crippen molar-refractivity contribution >= 4 is 17.4 Å². The van der Waals surface area contributed by atoms with Crippen molar-refractivity contribution in [3.8, 4) is 17.2 Å². The molecule has 2 aromatic carbocycles. The highest BCUT2D eigenvalue weighted by Gasteiger charge is 2.46. The molecular weight excluding hydrogens is 500 g/mol. The first-order valence-corrected chi connectivity index (χ1v) is 13.6. The van der Waals surface area contributed by atoms with Crippen molar-refractivity contribution in [2.24, 2.45) is 5.92 Å². The van der Waals surface area contributed by atoms with E-state index in [0.717, 1.165) is 19.5 Å². The number of nitrogens with zero attached hydrogens (tertiary/aromatic N) is 2. The highest BCUT2D eigenvalue weighted by atomic mass is 16.6. The summed E-state index contributed by atoms with van der Waals surface area (Å²) in [4.78, 5) is 30.6. The summed E-state index contributed by atoms with van der Waals surface area (Å²) in [6.45, 7) is 9.44. The van der Waals surface area contributed by atoms with Gasteiger partial charge in [-0.15, -0.1) is 0 Å². The standard InChI is InChI=1S/C30H36N2O7/c1-20(2)8-13-37-23-5-3-4-21(18-23)27-26(28(33)22-6-7-24-25(19-22)39-17-16-38-24)29(34)30(35)32(27)10-9-31-11-14-36-15-12-31/h3-7,18-20,27,33H,8-17H2,1-2H3/b28-26+/t27-/m1/s1. The normalized spacial score (nSPS) is 21.0. The Balaban J connectivity index is 1.50. The summed E-state index contributed by atoms with van der Waals surface area (Å²) in [7, 11) is 0. The maximum atomic E-state index is 13.5. The minimum atomic E-state index is -0.757. The van der Waals surface area contributed by atoms with Crippen LogP contribution in [0.1, 0.15) is 37.4 Å². The van der Waals surface area contributed by atoms with Gasteiger partial charge in [-0.25, -0.2) is 0 Å². The van der Waals surface area contributed by atoms with Crippen LogP contribution in [0.15, 0.2) is 48.0 Å². The minimum absolute atomic E-state index is 0.0537. The van der Waals surface area contributed by atoms with Crippen molar-refractivity contribution in [2.75, 3.05) is 59.2 Å². The molecule has 0 radical (unpaired) electrons. The second kappa shape index (κ2) is 12.1. The van der Waals surface area contributed by atoms with Crippen molar-refractivity contribution in [1.29, 1.82) is 0 Å². The highest BCUT2D eigenvalue weighted by Crippen LogP contribution is 2.41. The van der Waals surface area contributed by atoms with Gasteiger partial charge >= 0.3 is 0 Å². The molecule has 9 heteroatoms. The lowest BCUT2D eigenvalue weighted by Gasteiger charge is -2.31. The van der Waals surface area contributed by atoms with Gasteiger partial charge in [0.25, 0.3) is 11.7 Å². The molecule has 0 aliphatic carbocycles. The van der Waals surface area contributed by atoms with Crippen molar-refractivity contribution < 1.29 is 33.6 Å². The molecule has 9 nitrogen and oxygen atoms in total. The molecule has 2 saturated heterocycles. The minimum Gasteiger partial charge on any atom is -0.507 e. The number of likely N-dealkylation sites (tertiary alicyclic amines) is 1. The number of morpholine rings is 1. The lowest BCUT2D eigenvalue weighted by atomic mass is 9.95. The van der Waals surface area contributed by atoms with Gasteiger partial charge in [0.2, 0.25) is 0 Å². The molecule has 5 rings (SSSR count). The molecular formula is C30H36N2O7. The molecule has 3 aliphatic rings. The molecule has 0 spiro atoms. The summed E-state index contributed by atoms with van der Waals surface area (Å²) < 4.78 is 22.7. The fourth-order valence-electron chi connectivity index (χ4n) is 5.06. The van der Waals surface area contributed by atoms with E-state index in [1.54, 1.807) is 23.1 Å². The fraction of sp³-hybridized carbons (Fsp3) is 0.467. The molecule has 0 aromatic heterocycles. The number of ether oxygens (including phenoxy) is 4. The SMILES string of the molecule is CC(C)CCOc1cccc([C@@H]2/C(=C(\O)c3ccc4c(c3)OCCO4)C(=O)C(=O)N2CCN2CCOCC2)c1. The molecule has 0 saturated carbocycles. The van der Waals surface area contributed by atoms with Gasteiger partial charge in [0.1, 0.15) is 24.7 Å². The van der Waals surface area contributed by atoms with Crippen LogP contribution in [-0.4, -0.2) is 85.8 Å². The predicted molar refractivity (Wildman–Crippen MR) is 145 cm³/mol. The molecule has 208 valence electrons. The Kier molecular flexibility index (Phi) is 8.38. The van der Waals surface area contributed by atoms with E-state index in [-0.39, 0.29) is 11.3 Å². The maximum Gasteiger partial charge on any atom is 0.295 e. The third-order valence-electron chi connectivity index (χ3n) is 7.25. The molecule has 0 bridgehead atoms. The van der Waals surface area contributed by atoms with Crippen molar-refractivity contribution in [2.45, 2.75) is 26.3 Å². The number of aliphatic hydroxyl groups is 1. The van der Waals surface area contributed by atoms with E-state index >= 15 is 0 Å². The maximum absolute atomic E-state index is 13.5. The average Bonchev–Trinajstić information content (AvgIpc) is 3.21. The zero-order chi connectivity index (χ0) is 27.4. The number of hydrogen-bond donors (Lipinski definition) is 1. The Bertz CT molecular complexity index is 1240. The van der Waals surface area contributed by atoms with E-state index in [9.17, 15) is 14.7 Å². The first-order chi connectivity index (χ1) is 18.9. The van der Waals surface area contributed by atoms with Gasteiger partial charge in [-0.1, -0.05) is 26.0 Å². The molecule has 3 aliphatic heterocycles. The van der Waals surface area contributed by atoms with Crippen LogP contribution in [0.4, 0.5) is 0 Å². The van der Waals surface area contributed by atoms with E-state index in [0.29, 0.717) is 80.4 Å². The van der Waals surface area contributed by atoms with Crippen LogP contribution in [0.2, 0.25) is 0 Å². The van der Waals surface area contributed by atoms with Gasteiger partial charge in [-0.3, -0.25) is 14.5 Å². The van der Waals surface area contributed by atoms with Gasteiger partial charge in [0, 0.05) is 31.7 Å². The molecule has 0 unspecified atom stereocenters. The van der Waals surface area contributed by atoms with Crippen LogP contribution in [0.5, 0.6) is 17.2 Å². The second-order valence-corrected chi connectivity index (χ2v) is 10.4. The van der Waals surface area contributed by atoms with Crippen LogP contribution < -0.4 is 14.2 Å². The van der Waals surface area contributed by atoms with Crippen LogP contribution >= 0.6 is 0 Å². The summed E-state index contributed by atoms with van der Waals surface area (Å²) in [6, 6.07) is 11.7. The van der Waals surface area contributed by atoms with Crippen LogP contribution in [0.3, 0.4) is 0 Å². The van der Waals surface area contributed by atoms with Crippen LogP contribution in [0.25, 0.3) is 5.76 Å². The molecule has 1 amide bonds. The summed E-state index contributed by atoms with van der Waals surface area (Å²) in [5.74, 6) is 0.655. The number of rotatable bonds is 9. The Morgan fingerprint density at radius 2 is 1.77 bits per heavy atom. The molecule has 1 atom stereocenters.